The summed E-state index contributed by atoms with van der Waals surface area (Å²) < 4.78 is 0. The van der Waals surface area contributed by atoms with Gasteiger partial charge in [0.1, 0.15) is 6.04 Å². The lowest BCUT2D eigenvalue weighted by atomic mass is 9.92. The number of thiocarbonyl (C=S) groups is 1. The number of aryl methyl sites for hydroxylation is 1. The molecule has 1 aliphatic rings. The van der Waals surface area contributed by atoms with Crippen LogP contribution in [-0.4, -0.2) is 23.1 Å². The zero-order chi connectivity index (χ0) is 20.9. The molecule has 150 valence electrons. The summed E-state index contributed by atoms with van der Waals surface area (Å²) in [6.07, 6.45) is 4.10. The SMILES string of the molecule is Cc1ccc(N2C(=O)[C@@H](NC(=S)Nc3ccccc3)[C@H]2/C=C/c2ccccc2)cc1. The second-order valence-electron chi connectivity index (χ2n) is 7.25. The number of carbonyl (C=O) groups is 1. The zero-order valence-corrected chi connectivity index (χ0v) is 17.5. The number of nitrogens with one attached hydrogen (secondary N) is 2. The number of benzene rings is 3. The Hall–Kier alpha value is -3.44. The fraction of sp³-hybridized carbons (Fsp3) is 0.120. The number of anilines is 2. The van der Waals surface area contributed by atoms with Crippen LogP contribution < -0.4 is 15.5 Å². The number of amides is 1. The van der Waals surface area contributed by atoms with Gasteiger partial charge in [0.25, 0.3) is 5.91 Å². The summed E-state index contributed by atoms with van der Waals surface area (Å²) in [5.41, 5.74) is 4.01. The maximum absolute atomic E-state index is 13.0. The molecule has 0 aromatic heterocycles. The molecule has 0 unspecified atom stereocenters. The molecule has 0 aliphatic carbocycles. The molecule has 4 nitrogen and oxygen atoms in total. The van der Waals surface area contributed by atoms with Gasteiger partial charge in [0.2, 0.25) is 0 Å². The molecule has 3 aromatic carbocycles. The van der Waals surface area contributed by atoms with Crippen LogP contribution in [0.15, 0.2) is 91.0 Å². The molecule has 0 bridgehead atoms. The molecular formula is C25H23N3OS. The first kappa shape index (κ1) is 19.9. The number of nitrogens with zero attached hydrogens (tertiary/aromatic N) is 1. The van der Waals surface area contributed by atoms with Crippen LogP contribution in [0, 0.1) is 6.92 Å². The fourth-order valence-electron chi connectivity index (χ4n) is 3.46. The lowest BCUT2D eigenvalue weighted by molar-refractivity contribution is -0.125. The third-order valence-corrected chi connectivity index (χ3v) is 5.28. The molecule has 2 atom stereocenters. The summed E-state index contributed by atoms with van der Waals surface area (Å²) in [6.45, 7) is 2.03. The highest BCUT2D eigenvalue weighted by Gasteiger charge is 2.47. The van der Waals surface area contributed by atoms with E-state index < -0.39 is 6.04 Å². The van der Waals surface area contributed by atoms with Crippen LogP contribution in [-0.2, 0) is 4.79 Å². The van der Waals surface area contributed by atoms with Gasteiger partial charge in [-0.25, -0.2) is 0 Å². The van der Waals surface area contributed by atoms with Crippen LogP contribution in [0.25, 0.3) is 6.08 Å². The van der Waals surface area contributed by atoms with Crippen LogP contribution in [0.5, 0.6) is 0 Å². The van der Waals surface area contributed by atoms with Crippen molar-refractivity contribution in [2.45, 2.75) is 19.0 Å². The highest BCUT2D eigenvalue weighted by Crippen LogP contribution is 2.30. The van der Waals surface area contributed by atoms with Crippen molar-refractivity contribution in [3.8, 4) is 0 Å². The minimum Gasteiger partial charge on any atom is -0.349 e. The minimum absolute atomic E-state index is 0.00113. The monoisotopic (exact) mass is 413 g/mol. The van der Waals surface area contributed by atoms with Crippen LogP contribution >= 0.6 is 12.2 Å². The molecule has 5 heteroatoms. The standard InChI is InChI=1S/C25H23N3OS/c1-18-12-15-21(16-13-18)28-22(17-14-19-8-4-2-5-9-19)23(24(28)29)27-25(30)26-20-10-6-3-7-11-20/h2-17,22-23H,1H3,(H2,26,27,30)/b17-14+/t22-,23+/m1/s1. The van der Waals surface area contributed by atoms with Crippen LogP contribution in [0.2, 0.25) is 0 Å². The van der Waals surface area contributed by atoms with Gasteiger partial charge in [0, 0.05) is 11.4 Å². The summed E-state index contributed by atoms with van der Waals surface area (Å²) in [5, 5.41) is 6.77. The molecule has 1 amide bonds. The number of carbonyl (C=O) groups excluding carboxylic acids is 1. The Morgan fingerprint density at radius 2 is 1.57 bits per heavy atom. The van der Waals surface area contributed by atoms with Crippen molar-refractivity contribution in [2.24, 2.45) is 0 Å². The van der Waals surface area contributed by atoms with E-state index in [4.69, 9.17) is 12.2 Å². The first-order chi connectivity index (χ1) is 14.6. The Balaban J connectivity index is 1.53. The quantitative estimate of drug-likeness (QED) is 0.467. The molecule has 4 rings (SSSR count). The summed E-state index contributed by atoms with van der Waals surface area (Å²) in [7, 11) is 0. The number of hydrogen-bond donors (Lipinski definition) is 2. The predicted molar refractivity (Wildman–Crippen MR) is 128 cm³/mol. The molecule has 0 radical (unpaired) electrons. The molecule has 2 N–H and O–H groups in total. The van der Waals surface area contributed by atoms with Gasteiger partial charge in [-0.15, -0.1) is 0 Å². The highest BCUT2D eigenvalue weighted by atomic mass is 32.1. The summed E-state index contributed by atoms with van der Waals surface area (Å²) in [5.74, 6) is -0.00113. The van der Waals surface area contributed by atoms with Crippen molar-refractivity contribution in [3.63, 3.8) is 0 Å². The Morgan fingerprint density at radius 3 is 2.23 bits per heavy atom. The van der Waals surface area contributed by atoms with E-state index in [1.54, 1.807) is 0 Å². The first-order valence-corrected chi connectivity index (χ1v) is 10.3. The lowest BCUT2D eigenvalue weighted by Crippen LogP contribution is -2.70. The Morgan fingerprint density at radius 1 is 0.933 bits per heavy atom. The van der Waals surface area contributed by atoms with Crippen LogP contribution in [0.4, 0.5) is 11.4 Å². The van der Waals surface area contributed by atoms with Crippen molar-refractivity contribution in [1.29, 1.82) is 0 Å². The highest BCUT2D eigenvalue weighted by molar-refractivity contribution is 7.80. The molecule has 30 heavy (non-hydrogen) atoms. The Kier molecular flexibility index (Phi) is 5.91. The molecular weight excluding hydrogens is 390 g/mol. The Bertz CT molecular complexity index is 1050. The largest absolute Gasteiger partial charge is 0.349 e. The van der Waals surface area contributed by atoms with Gasteiger partial charge in [0.05, 0.1) is 6.04 Å². The van der Waals surface area contributed by atoms with Gasteiger partial charge in [-0.05, 0) is 49.0 Å². The van der Waals surface area contributed by atoms with E-state index in [1.165, 1.54) is 0 Å². The number of para-hydroxylation sites is 1. The molecule has 3 aromatic rings. The maximum atomic E-state index is 13.0. The van der Waals surface area contributed by atoms with E-state index in [2.05, 4.69) is 16.7 Å². The van der Waals surface area contributed by atoms with Crippen LogP contribution in [0.3, 0.4) is 0 Å². The summed E-state index contributed by atoms with van der Waals surface area (Å²) >= 11 is 5.45. The fourth-order valence-corrected chi connectivity index (χ4v) is 3.71. The van der Waals surface area contributed by atoms with E-state index in [9.17, 15) is 4.79 Å². The Labute approximate surface area is 182 Å². The maximum Gasteiger partial charge on any atom is 0.252 e. The third kappa shape index (κ3) is 4.42. The van der Waals surface area contributed by atoms with Crippen LogP contribution in [0.1, 0.15) is 11.1 Å². The van der Waals surface area contributed by atoms with Crippen molar-refractivity contribution in [3.05, 3.63) is 102 Å². The molecule has 0 saturated carbocycles. The van der Waals surface area contributed by atoms with Gasteiger partial charge in [-0.2, -0.15) is 0 Å². The lowest BCUT2D eigenvalue weighted by Gasteiger charge is -2.46. The number of β-lactam (4-membered cyclic amide) rings is 1. The average Bonchev–Trinajstić information content (AvgIpc) is 2.77. The van der Waals surface area contributed by atoms with Crippen molar-refractivity contribution in [2.75, 3.05) is 10.2 Å². The van der Waals surface area contributed by atoms with E-state index >= 15 is 0 Å². The van der Waals surface area contributed by atoms with E-state index in [0.29, 0.717) is 5.11 Å². The molecule has 1 saturated heterocycles. The van der Waals surface area contributed by atoms with Gasteiger partial charge < -0.3 is 15.5 Å². The zero-order valence-electron chi connectivity index (χ0n) is 16.7. The van der Waals surface area contributed by atoms with Gasteiger partial charge >= 0.3 is 0 Å². The smallest absolute Gasteiger partial charge is 0.252 e. The molecule has 1 heterocycles. The van der Waals surface area contributed by atoms with E-state index in [0.717, 1.165) is 22.5 Å². The first-order valence-electron chi connectivity index (χ1n) is 9.87. The van der Waals surface area contributed by atoms with Gasteiger partial charge in [-0.1, -0.05) is 78.4 Å². The van der Waals surface area contributed by atoms with Gasteiger partial charge in [0.15, 0.2) is 5.11 Å². The van der Waals surface area contributed by atoms with Crippen molar-refractivity contribution < 1.29 is 4.79 Å². The normalized spacial score (nSPS) is 18.2. The summed E-state index contributed by atoms with van der Waals surface area (Å²) in [4.78, 5) is 14.8. The molecule has 0 spiro atoms. The van der Waals surface area contributed by atoms with E-state index in [1.807, 2.05) is 103 Å². The topological polar surface area (TPSA) is 44.4 Å². The third-order valence-electron chi connectivity index (χ3n) is 5.06. The number of rotatable bonds is 5. The second kappa shape index (κ2) is 8.93. The van der Waals surface area contributed by atoms with E-state index in [-0.39, 0.29) is 11.9 Å². The number of hydrogen-bond acceptors (Lipinski definition) is 2. The molecule has 1 aliphatic heterocycles. The molecule has 1 fully saturated rings. The second-order valence-corrected chi connectivity index (χ2v) is 7.65. The predicted octanol–water partition coefficient (Wildman–Crippen LogP) is 4.78. The van der Waals surface area contributed by atoms with Crippen molar-refractivity contribution in [1.82, 2.24) is 5.32 Å². The average molecular weight is 414 g/mol. The van der Waals surface area contributed by atoms with Crippen molar-refractivity contribution >= 4 is 40.7 Å². The minimum atomic E-state index is -0.421. The van der Waals surface area contributed by atoms with Gasteiger partial charge in [-0.3, -0.25) is 4.79 Å². The summed E-state index contributed by atoms with van der Waals surface area (Å²) in [6, 6.07) is 27.2.